The minimum absolute atomic E-state index is 0.200. The van der Waals surface area contributed by atoms with Crippen molar-refractivity contribution in [2.75, 3.05) is 31.1 Å². The van der Waals surface area contributed by atoms with Crippen molar-refractivity contribution in [2.24, 2.45) is 4.99 Å². The summed E-state index contributed by atoms with van der Waals surface area (Å²) in [4.78, 5) is 21.5. The van der Waals surface area contributed by atoms with Gasteiger partial charge in [-0.3, -0.25) is 4.79 Å². The number of aliphatic imine (C=N–C) groups is 1. The molecule has 0 radical (unpaired) electrons. The van der Waals surface area contributed by atoms with Crippen molar-refractivity contribution >= 4 is 34.6 Å². The van der Waals surface area contributed by atoms with Gasteiger partial charge in [-0.2, -0.15) is 4.99 Å². The highest BCUT2D eigenvalue weighted by Gasteiger charge is 2.29. The number of thioether (sulfide) groups is 1. The van der Waals surface area contributed by atoms with E-state index in [1.165, 1.54) is 17.8 Å². The van der Waals surface area contributed by atoms with E-state index >= 15 is 0 Å². The van der Waals surface area contributed by atoms with E-state index in [2.05, 4.69) is 34.2 Å². The van der Waals surface area contributed by atoms with E-state index in [1.54, 1.807) is 12.1 Å². The second-order valence-electron chi connectivity index (χ2n) is 7.72. The maximum absolute atomic E-state index is 14.1. The lowest BCUT2D eigenvalue weighted by Crippen LogP contribution is -2.48. The summed E-state index contributed by atoms with van der Waals surface area (Å²) in [6.45, 7) is 2.78. The van der Waals surface area contributed by atoms with Crippen LogP contribution in [0.15, 0.2) is 88.8 Å². The molecule has 5 rings (SSSR count). The molecule has 0 bridgehead atoms. The Kier molecular flexibility index (Phi) is 5.77. The first-order chi connectivity index (χ1) is 15.7. The van der Waals surface area contributed by atoms with Gasteiger partial charge in [0, 0.05) is 26.2 Å². The summed E-state index contributed by atoms with van der Waals surface area (Å²) in [6.07, 6.45) is 1.90. The first-order valence-electron chi connectivity index (χ1n) is 10.6. The molecule has 0 aromatic heterocycles. The molecule has 1 saturated heterocycles. The van der Waals surface area contributed by atoms with Crippen LogP contribution in [0.4, 0.5) is 10.1 Å². The average Bonchev–Trinajstić information content (AvgIpc) is 3.20. The summed E-state index contributed by atoms with van der Waals surface area (Å²) in [5.41, 5.74) is 3.91. The van der Waals surface area contributed by atoms with E-state index < -0.39 is 0 Å². The number of carbonyl (C=O) groups excluding carboxylic acids is 1. The molecule has 0 atom stereocenters. The molecule has 4 nitrogen and oxygen atoms in total. The monoisotopic (exact) mass is 443 g/mol. The average molecular weight is 444 g/mol. The highest BCUT2D eigenvalue weighted by molar-refractivity contribution is 8.18. The number of rotatable bonds is 3. The van der Waals surface area contributed by atoms with Crippen LogP contribution in [-0.2, 0) is 4.79 Å². The minimum Gasteiger partial charge on any atom is -0.366 e. The molecule has 3 aromatic carbocycles. The molecule has 0 N–H and O–H groups in total. The van der Waals surface area contributed by atoms with E-state index in [1.807, 2.05) is 47.4 Å². The van der Waals surface area contributed by atoms with Crippen LogP contribution in [0, 0.1) is 5.82 Å². The fraction of sp³-hybridized carbons (Fsp3) is 0.154. The van der Waals surface area contributed by atoms with Gasteiger partial charge in [0.05, 0.1) is 10.6 Å². The van der Waals surface area contributed by atoms with Gasteiger partial charge >= 0.3 is 0 Å². The molecule has 0 unspecified atom stereocenters. The third kappa shape index (κ3) is 4.32. The van der Waals surface area contributed by atoms with Crippen LogP contribution < -0.4 is 4.90 Å². The fourth-order valence-corrected chi connectivity index (χ4v) is 4.90. The number of piperazine rings is 1. The second kappa shape index (κ2) is 9.01. The normalized spacial score (nSPS) is 17.7. The summed E-state index contributed by atoms with van der Waals surface area (Å²) < 4.78 is 14.1. The van der Waals surface area contributed by atoms with Gasteiger partial charge in [-0.05, 0) is 46.7 Å². The smallest absolute Gasteiger partial charge is 0.286 e. The molecule has 0 aliphatic carbocycles. The summed E-state index contributed by atoms with van der Waals surface area (Å²) in [5.74, 6) is -0.402. The molecule has 2 aliphatic heterocycles. The number of amidine groups is 1. The quantitative estimate of drug-likeness (QED) is 0.516. The van der Waals surface area contributed by atoms with Crippen LogP contribution in [0.25, 0.3) is 17.2 Å². The van der Waals surface area contributed by atoms with E-state index in [-0.39, 0.29) is 11.7 Å². The molecule has 0 saturated carbocycles. The zero-order chi connectivity index (χ0) is 21.9. The van der Waals surface area contributed by atoms with Crippen LogP contribution in [0.1, 0.15) is 5.56 Å². The topological polar surface area (TPSA) is 35.9 Å². The maximum Gasteiger partial charge on any atom is 0.286 e. The van der Waals surface area contributed by atoms with Crippen molar-refractivity contribution in [3.63, 3.8) is 0 Å². The van der Waals surface area contributed by atoms with Gasteiger partial charge in [-0.25, -0.2) is 4.39 Å². The molecule has 0 spiro atoms. The molecule has 6 heteroatoms. The standard InChI is InChI=1S/C26H22FN3OS/c27-22-8-4-5-9-23(22)29-14-16-30(17-15-29)26-28-25(31)24(32-26)18-19-10-12-21(13-11-19)20-6-2-1-3-7-20/h1-13,18H,14-17H2/b24-18-. The van der Waals surface area contributed by atoms with Gasteiger partial charge in [-0.15, -0.1) is 0 Å². The Hall–Kier alpha value is -3.38. The number of amides is 1. The highest BCUT2D eigenvalue weighted by Crippen LogP contribution is 2.32. The molecular weight excluding hydrogens is 421 g/mol. The van der Waals surface area contributed by atoms with E-state index in [4.69, 9.17) is 0 Å². The predicted octanol–water partition coefficient (Wildman–Crippen LogP) is 5.29. The van der Waals surface area contributed by atoms with Crippen molar-refractivity contribution in [3.8, 4) is 11.1 Å². The van der Waals surface area contributed by atoms with Crippen molar-refractivity contribution < 1.29 is 9.18 Å². The van der Waals surface area contributed by atoms with Crippen LogP contribution in [0.3, 0.4) is 0 Å². The van der Waals surface area contributed by atoms with Gasteiger partial charge in [0.1, 0.15) is 5.82 Å². The van der Waals surface area contributed by atoms with Crippen LogP contribution in [-0.4, -0.2) is 42.2 Å². The number of anilines is 1. The van der Waals surface area contributed by atoms with Crippen LogP contribution >= 0.6 is 11.8 Å². The lowest BCUT2D eigenvalue weighted by atomic mass is 10.0. The Labute approximate surface area is 191 Å². The lowest BCUT2D eigenvalue weighted by molar-refractivity contribution is -0.113. The molecule has 3 aromatic rings. The molecule has 32 heavy (non-hydrogen) atoms. The van der Waals surface area contributed by atoms with E-state index in [0.29, 0.717) is 36.8 Å². The summed E-state index contributed by atoms with van der Waals surface area (Å²) in [7, 11) is 0. The first kappa shape index (κ1) is 20.5. The van der Waals surface area contributed by atoms with Crippen molar-refractivity contribution in [3.05, 3.63) is 95.1 Å². The summed E-state index contributed by atoms with van der Waals surface area (Å²) in [5, 5.41) is 0.732. The molecule has 2 aliphatic rings. The maximum atomic E-state index is 14.1. The number of para-hydroxylation sites is 1. The number of nitrogens with zero attached hydrogens (tertiary/aromatic N) is 3. The minimum atomic E-state index is -0.202. The molecular formula is C26H22FN3OS. The lowest BCUT2D eigenvalue weighted by Gasteiger charge is -2.36. The van der Waals surface area contributed by atoms with Gasteiger partial charge in [-0.1, -0.05) is 66.7 Å². The van der Waals surface area contributed by atoms with Crippen molar-refractivity contribution in [1.82, 2.24) is 4.90 Å². The Balaban J connectivity index is 1.23. The predicted molar refractivity (Wildman–Crippen MR) is 130 cm³/mol. The second-order valence-corrected chi connectivity index (χ2v) is 8.73. The Bertz CT molecular complexity index is 1180. The Morgan fingerprint density at radius 2 is 1.41 bits per heavy atom. The third-order valence-corrected chi connectivity index (χ3v) is 6.71. The van der Waals surface area contributed by atoms with Gasteiger partial charge in [0.15, 0.2) is 5.17 Å². The largest absolute Gasteiger partial charge is 0.366 e. The number of halogens is 1. The van der Waals surface area contributed by atoms with E-state index in [9.17, 15) is 9.18 Å². The Morgan fingerprint density at radius 3 is 2.12 bits per heavy atom. The van der Waals surface area contributed by atoms with Crippen LogP contribution in [0.5, 0.6) is 0 Å². The zero-order valence-electron chi connectivity index (χ0n) is 17.4. The number of hydrogen-bond donors (Lipinski definition) is 0. The Morgan fingerprint density at radius 1 is 0.781 bits per heavy atom. The summed E-state index contributed by atoms with van der Waals surface area (Å²) >= 11 is 1.42. The number of hydrogen-bond acceptors (Lipinski definition) is 4. The SMILES string of the molecule is O=C1N=C(N2CCN(c3ccccc3F)CC2)S/C1=C\c1ccc(-c2ccccc2)cc1. The van der Waals surface area contributed by atoms with Crippen molar-refractivity contribution in [1.29, 1.82) is 0 Å². The van der Waals surface area contributed by atoms with E-state index in [0.717, 1.165) is 21.9 Å². The molecule has 2 heterocycles. The van der Waals surface area contributed by atoms with Gasteiger partial charge in [0.25, 0.3) is 5.91 Å². The van der Waals surface area contributed by atoms with Crippen LogP contribution in [0.2, 0.25) is 0 Å². The highest BCUT2D eigenvalue weighted by atomic mass is 32.2. The van der Waals surface area contributed by atoms with Gasteiger partial charge in [0.2, 0.25) is 0 Å². The molecule has 1 fully saturated rings. The van der Waals surface area contributed by atoms with Crippen molar-refractivity contribution in [2.45, 2.75) is 0 Å². The first-order valence-corrected chi connectivity index (χ1v) is 11.4. The molecule has 1 amide bonds. The van der Waals surface area contributed by atoms with Gasteiger partial charge < -0.3 is 9.80 Å². The molecule has 160 valence electrons. The number of benzene rings is 3. The number of carbonyl (C=O) groups is 1. The zero-order valence-corrected chi connectivity index (χ0v) is 18.3. The summed E-state index contributed by atoms with van der Waals surface area (Å²) in [6, 6.07) is 25.2. The third-order valence-electron chi connectivity index (χ3n) is 5.67. The fourth-order valence-electron chi connectivity index (χ4n) is 3.93.